The van der Waals surface area contributed by atoms with Gasteiger partial charge in [-0.05, 0) is 24.1 Å². The first kappa shape index (κ1) is 10.0. The lowest BCUT2D eigenvalue weighted by Gasteiger charge is -2.08. The highest BCUT2D eigenvalue weighted by atomic mass is 16.5. The van der Waals surface area contributed by atoms with Crippen LogP contribution in [0.1, 0.15) is 5.56 Å². The van der Waals surface area contributed by atoms with E-state index in [4.69, 9.17) is 16.2 Å². The van der Waals surface area contributed by atoms with E-state index in [0.29, 0.717) is 6.54 Å². The van der Waals surface area contributed by atoms with Gasteiger partial charge in [-0.1, -0.05) is 12.1 Å². The Bertz CT molecular complexity index is 246. The fourth-order valence-corrected chi connectivity index (χ4v) is 1.15. The molecule has 13 heavy (non-hydrogen) atoms. The molecule has 0 aliphatic heterocycles. The van der Waals surface area contributed by atoms with Crippen molar-refractivity contribution in [1.82, 2.24) is 0 Å². The Kier molecular flexibility index (Phi) is 3.73. The lowest BCUT2D eigenvalue weighted by molar-refractivity contribution is 0.414. The molecule has 1 aromatic carbocycles. The fraction of sp³-hybridized carbons (Fsp3) is 0.400. The summed E-state index contributed by atoms with van der Waals surface area (Å²) in [6, 6.07) is 7.92. The molecule has 3 nitrogen and oxygen atoms in total. The zero-order chi connectivity index (χ0) is 9.68. The van der Waals surface area contributed by atoms with Crippen LogP contribution in [0.15, 0.2) is 24.3 Å². The molecule has 0 unspecified atom stereocenters. The van der Waals surface area contributed by atoms with Gasteiger partial charge in [0.15, 0.2) is 0 Å². The van der Waals surface area contributed by atoms with Crippen molar-refractivity contribution in [2.75, 3.05) is 13.7 Å². The Hall–Kier alpha value is -1.06. The van der Waals surface area contributed by atoms with Gasteiger partial charge in [0.25, 0.3) is 0 Å². The molecule has 0 fully saturated rings. The molecular weight excluding hydrogens is 164 g/mol. The molecule has 0 aliphatic carbocycles. The summed E-state index contributed by atoms with van der Waals surface area (Å²) in [6.45, 7) is 0.520. The first-order chi connectivity index (χ1) is 6.26. The molecule has 1 rings (SSSR count). The number of hydrogen-bond acceptors (Lipinski definition) is 3. The maximum Gasteiger partial charge on any atom is 0.118 e. The van der Waals surface area contributed by atoms with Crippen LogP contribution in [0, 0.1) is 0 Å². The van der Waals surface area contributed by atoms with Crippen LogP contribution in [0.4, 0.5) is 0 Å². The van der Waals surface area contributed by atoms with E-state index in [1.165, 1.54) is 5.56 Å². The van der Waals surface area contributed by atoms with Crippen molar-refractivity contribution in [3.63, 3.8) is 0 Å². The molecule has 0 radical (unpaired) electrons. The van der Waals surface area contributed by atoms with Crippen LogP contribution in [0.25, 0.3) is 0 Å². The highest BCUT2D eigenvalue weighted by Crippen LogP contribution is 2.11. The average Bonchev–Trinajstić information content (AvgIpc) is 2.19. The molecule has 0 amide bonds. The lowest BCUT2D eigenvalue weighted by Crippen LogP contribution is -2.31. The molecule has 72 valence electrons. The Morgan fingerprint density at radius 2 is 1.92 bits per heavy atom. The van der Waals surface area contributed by atoms with E-state index in [1.54, 1.807) is 7.11 Å². The molecule has 1 atom stereocenters. The van der Waals surface area contributed by atoms with Crippen LogP contribution in [0.5, 0.6) is 5.75 Å². The largest absolute Gasteiger partial charge is 0.497 e. The summed E-state index contributed by atoms with van der Waals surface area (Å²) < 4.78 is 5.04. The molecule has 0 aliphatic rings. The van der Waals surface area contributed by atoms with E-state index in [0.717, 1.165) is 12.2 Å². The van der Waals surface area contributed by atoms with Crippen LogP contribution in [0.2, 0.25) is 0 Å². The highest BCUT2D eigenvalue weighted by molar-refractivity contribution is 5.27. The van der Waals surface area contributed by atoms with E-state index in [-0.39, 0.29) is 6.04 Å². The van der Waals surface area contributed by atoms with E-state index in [9.17, 15) is 0 Å². The predicted octanol–water partition coefficient (Wildman–Crippen LogP) is 0.524. The van der Waals surface area contributed by atoms with Crippen LogP contribution in [-0.2, 0) is 6.42 Å². The van der Waals surface area contributed by atoms with Gasteiger partial charge in [0.2, 0.25) is 0 Å². The fourth-order valence-electron chi connectivity index (χ4n) is 1.15. The predicted molar refractivity (Wildman–Crippen MR) is 53.7 cm³/mol. The molecular formula is C10H16N2O. The van der Waals surface area contributed by atoms with Gasteiger partial charge in [0.05, 0.1) is 7.11 Å². The topological polar surface area (TPSA) is 61.3 Å². The number of nitrogens with two attached hydrogens (primary N) is 2. The summed E-state index contributed by atoms with van der Waals surface area (Å²) in [5, 5.41) is 0. The van der Waals surface area contributed by atoms with E-state index in [2.05, 4.69) is 0 Å². The smallest absolute Gasteiger partial charge is 0.118 e. The van der Waals surface area contributed by atoms with Crippen LogP contribution < -0.4 is 16.2 Å². The number of ether oxygens (including phenoxy) is 1. The molecule has 0 saturated heterocycles. The van der Waals surface area contributed by atoms with Crippen molar-refractivity contribution in [3.8, 4) is 5.75 Å². The number of rotatable bonds is 4. The molecule has 3 heteroatoms. The summed E-state index contributed by atoms with van der Waals surface area (Å²) in [5.74, 6) is 0.866. The summed E-state index contributed by atoms with van der Waals surface area (Å²) in [7, 11) is 1.65. The molecule has 0 heterocycles. The molecule has 0 bridgehead atoms. The summed E-state index contributed by atoms with van der Waals surface area (Å²) in [6.07, 6.45) is 0.820. The molecule has 0 saturated carbocycles. The third-order valence-electron chi connectivity index (χ3n) is 1.96. The van der Waals surface area contributed by atoms with E-state index in [1.807, 2.05) is 24.3 Å². The number of hydrogen-bond donors (Lipinski definition) is 2. The van der Waals surface area contributed by atoms with Crippen molar-refractivity contribution in [3.05, 3.63) is 29.8 Å². The van der Waals surface area contributed by atoms with Crippen molar-refractivity contribution in [1.29, 1.82) is 0 Å². The Morgan fingerprint density at radius 3 is 2.38 bits per heavy atom. The van der Waals surface area contributed by atoms with Gasteiger partial charge in [-0.25, -0.2) is 0 Å². The quantitative estimate of drug-likeness (QED) is 0.710. The zero-order valence-electron chi connectivity index (χ0n) is 7.86. The molecule has 0 aromatic heterocycles. The van der Waals surface area contributed by atoms with Crippen LogP contribution in [-0.4, -0.2) is 19.7 Å². The average molecular weight is 180 g/mol. The lowest BCUT2D eigenvalue weighted by atomic mass is 10.1. The third-order valence-corrected chi connectivity index (χ3v) is 1.96. The SMILES string of the molecule is COc1ccc(C[C@H](N)CN)cc1. The molecule has 1 aromatic rings. The highest BCUT2D eigenvalue weighted by Gasteiger charge is 2.01. The number of methoxy groups -OCH3 is 1. The monoisotopic (exact) mass is 180 g/mol. The maximum atomic E-state index is 5.72. The first-order valence-electron chi connectivity index (χ1n) is 4.35. The third kappa shape index (κ3) is 3.05. The van der Waals surface area contributed by atoms with Crippen LogP contribution in [0.3, 0.4) is 0 Å². The second-order valence-electron chi connectivity index (χ2n) is 3.05. The second kappa shape index (κ2) is 4.84. The van der Waals surface area contributed by atoms with Gasteiger partial charge in [-0.2, -0.15) is 0 Å². The normalized spacial score (nSPS) is 12.5. The molecule has 0 spiro atoms. The van der Waals surface area contributed by atoms with Gasteiger partial charge in [0, 0.05) is 12.6 Å². The van der Waals surface area contributed by atoms with Crippen molar-refractivity contribution < 1.29 is 4.74 Å². The molecule has 4 N–H and O–H groups in total. The Labute approximate surface area is 78.7 Å². The summed E-state index contributed by atoms with van der Waals surface area (Å²) in [5.41, 5.74) is 12.3. The zero-order valence-corrected chi connectivity index (χ0v) is 7.86. The second-order valence-corrected chi connectivity index (χ2v) is 3.05. The van der Waals surface area contributed by atoms with E-state index < -0.39 is 0 Å². The summed E-state index contributed by atoms with van der Waals surface area (Å²) in [4.78, 5) is 0. The minimum atomic E-state index is 0.0494. The summed E-state index contributed by atoms with van der Waals surface area (Å²) >= 11 is 0. The van der Waals surface area contributed by atoms with Gasteiger partial charge in [-0.3, -0.25) is 0 Å². The van der Waals surface area contributed by atoms with Gasteiger partial charge in [0.1, 0.15) is 5.75 Å². The minimum Gasteiger partial charge on any atom is -0.497 e. The van der Waals surface area contributed by atoms with Gasteiger partial charge < -0.3 is 16.2 Å². The maximum absolute atomic E-state index is 5.72. The van der Waals surface area contributed by atoms with Gasteiger partial charge >= 0.3 is 0 Å². The van der Waals surface area contributed by atoms with Crippen molar-refractivity contribution in [2.24, 2.45) is 11.5 Å². The standard InChI is InChI=1S/C10H16N2O/c1-13-10-4-2-8(3-5-10)6-9(12)7-11/h2-5,9H,6-7,11-12H2,1H3/t9-/m0/s1. The minimum absolute atomic E-state index is 0.0494. The van der Waals surface area contributed by atoms with E-state index >= 15 is 0 Å². The van der Waals surface area contributed by atoms with Crippen molar-refractivity contribution >= 4 is 0 Å². The van der Waals surface area contributed by atoms with Gasteiger partial charge in [-0.15, -0.1) is 0 Å². The van der Waals surface area contributed by atoms with Crippen molar-refractivity contribution in [2.45, 2.75) is 12.5 Å². The number of benzene rings is 1. The first-order valence-corrected chi connectivity index (χ1v) is 4.35. The van der Waals surface area contributed by atoms with Crippen LogP contribution >= 0.6 is 0 Å². The Morgan fingerprint density at radius 1 is 1.31 bits per heavy atom. The Balaban J connectivity index is 2.58.